The third kappa shape index (κ3) is 5.32. The molecule has 3 rings (SSSR count). The van der Waals surface area contributed by atoms with Crippen molar-refractivity contribution in [1.29, 1.82) is 0 Å². The van der Waals surface area contributed by atoms with E-state index in [4.69, 9.17) is 4.74 Å². The predicted molar refractivity (Wildman–Crippen MR) is 96.6 cm³/mol. The number of halogens is 2. The summed E-state index contributed by atoms with van der Waals surface area (Å²) in [5.74, 6) is -2.50. The highest BCUT2D eigenvalue weighted by molar-refractivity contribution is 6.04. The lowest BCUT2D eigenvalue weighted by Crippen LogP contribution is -2.41. The first-order valence-electron chi connectivity index (χ1n) is 8.48. The molecule has 0 aliphatic carbocycles. The van der Waals surface area contributed by atoms with Gasteiger partial charge in [-0.1, -0.05) is 0 Å². The highest BCUT2D eigenvalue weighted by Gasteiger charge is 2.15. The van der Waals surface area contributed by atoms with E-state index in [1.165, 1.54) is 0 Å². The van der Waals surface area contributed by atoms with Gasteiger partial charge in [-0.2, -0.15) is 0 Å². The van der Waals surface area contributed by atoms with Gasteiger partial charge < -0.3 is 15.4 Å². The molecule has 1 aliphatic heterocycles. The van der Waals surface area contributed by atoms with Crippen molar-refractivity contribution in [2.45, 2.75) is 0 Å². The maximum atomic E-state index is 13.6. The van der Waals surface area contributed by atoms with E-state index in [9.17, 15) is 18.4 Å². The van der Waals surface area contributed by atoms with E-state index in [1.807, 2.05) is 4.90 Å². The number of nitrogens with zero attached hydrogens (tertiary/aromatic N) is 1. The van der Waals surface area contributed by atoms with Crippen molar-refractivity contribution in [3.63, 3.8) is 0 Å². The molecule has 2 aromatic rings. The molecule has 27 heavy (non-hydrogen) atoms. The summed E-state index contributed by atoms with van der Waals surface area (Å²) in [6.07, 6.45) is 0. The zero-order valence-electron chi connectivity index (χ0n) is 14.5. The van der Waals surface area contributed by atoms with Crippen molar-refractivity contribution >= 4 is 23.2 Å². The van der Waals surface area contributed by atoms with Crippen LogP contribution in [0.3, 0.4) is 0 Å². The first-order chi connectivity index (χ1) is 13.0. The highest BCUT2D eigenvalue weighted by Crippen LogP contribution is 2.16. The summed E-state index contributed by atoms with van der Waals surface area (Å²) in [5.41, 5.74) is 0.758. The minimum absolute atomic E-state index is 0.137. The topological polar surface area (TPSA) is 70.7 Å². The van der Waals surface area contributed by atoms with Crippen molar-refractivity contribution in [3.8, 4) is 0 Å². The van der Waals surface area contributed by atoms with Gasteiger partial charge in [0.2, 0.25) is 5.91 Å². The lowest BCUT2D eigenvalue weighted by atomic mass is 10.2. The molecule has 2 amide bonds. The van der Waals surface area contributed by atoms with E-state index in [0.29, 0.717) is 30.7 Å². The number of carbonyl (C=O) groups excluding carboxylic acids is 2. The molecule has 1 heterocycles. The Morgan fingerprint density at radius 3 is 2.22 bits per heavy atom. The molecule has 1 aliphatic rings. The van der Waals surface area contributed by atoms with Gasteiger partial charge in [0.1, 0.15) is 11.6 Å². The SMILES string of the molecule is O=C(CN1CCOCC1)Nc1ccc(NC(=O)c2ccc(F)cc2F)cc1. The van der Waals surface area contributed by atoms with E-state index in [2.05, 4.69) is 10.6 Å². The predicted octanol–water partition coefficient (Wildman–Crippen LogP) is 2.49. The summed E-state index contributed by atoms with van der Waals surface area (Å²) in [4.78, 5) is 26.1. The Morgan fingerprint density at radius 2 is 1.59 bits per heavy atom. The molecule has 0 atom stereocenters. The van der Waals surface area contributed by atoms with E-state index in [1.54, 1.807) is 24.3 Å². The minimum Gasteiger partial charge on any atom is -0.379 e. The fourth-order valence-corrected chi connectivity index (χ4v) is 2.67. The molecule has 0 saturated carbocycles. The standard InChI is InChI=1S/C19H19F2N3O3/c20-13-1-6-16(17(21)11-13)19(26)23-15-4-2-14(3-5-15)22-18(25)12-24-7-9-27-10-8-24/h1-6,11H,7-10,12H2,(H,22,25)(H,23,26). The molecule has 0 aromatic heterocycles. The Morgan fingerprint density at radius 1 is 0.963 bits per heavy atom. The Bertz CT molecular complexity index is 821. The summed E-state index contributed by atoms with van der Waals surface area (Å²) < 4.78 is 31.8. The first kappa shape index (κ1) is 18.9. The van der Waals surface area contributed by atoms with Crippen LogP contribution in [0.15, 0.2) is 42.5 Å². The summed E-state index contributed by atoms with van der Waals surface area (Å²) >= 11 is 0. The van der Waals surface area contributed by atoms with Crippen LogP contribution in [-0.2, 0) is 9.53 Å². The Hall–Kier alpha value is -2.84. The number of morpholine rings is 1. The minimum atomic E-state index is -0.931. The molecule has 1 saturated heterocycles. The molecule has 6 nitrogen and oxygen atoms in total. The molecular weight excluding hydrogens is 356 g/mol. The summed E-state index contributed by atoms with van der Waals surface area (Å²) in [6.45, 7) is 2.97. The first-order valence-corrected chi connectivity index (χ1v) is 8.48. The maximum Gasteiger partial charge on any atom is 0.258 e. The second-order valence-corrected chi connectivity index (χ2v) is 6.09. The van der Waals surface area contributed by atoms with E-state index < -0.39 is 17.5 Å². The Kier molecular flexibility index (Phi) is 6.10. The number of amides is 2. The number of hydrogen-bond donors (Lipinski definition) is 2. The Balaban J connectivity index is 1.55. The van der Waals surface area contributed by atoms with Gasteiger partial charge >= 0.3 is 0 Å². The average Bonchev–Trinajstić information content (AvgIpc) is 2.64. The van der Waals surface area contributed by atoms with Crippen molar-refractivity contribution in [3.05, 3.63) is 59.7 Å². The summed E-state index contributed by atoms with van der Waals surface area (Å²) in [6, 6.07) is 9.20. The normalized spacial score (nSPS) is 14.6. The van der Waals surface area contributed by atoms with Crippen LogP contribution in [0.5, 0.6) is 0 Å². The molecule has 0 radical (unpaired) electrons. The quantitative estimate of drug-likeness (QED) is 0.842. The number of benzene rings is 2. The average molecular weight is 375 g/mol. The summed E-state index contributed by atoms with van der Waals surface area (Å²) in [5, 5.41) is 5.31. The van der Waals surface area contributed by atoms with Crippen molar-refractivity contribution in [2.75, 3.05) is 43.5 Å². The van der Waals surface area contributed by atoms with E-state index in [0.717, 1.165) is 25.2 Å². The zero-order chi connectivity index (χ0) is 19.2. The fourth-order valence-electron chi connectivity index (χ4n) is 2.67. The van der Waals surface area contributed by atoms with Crippen molar-refractivity contribution in [1.82, 2.24) is 4.90 Å². The Labute approximate surface area is 155 Å². The smallest absolute Gasteiger partial charge is 0.258 e. The number of hydrogen-bond acceptors (Lipinski definition) is 4. The number of carbonyl (C=O) groups is 2. The third-order valence-electron chi connectivity index (χ3n) is 4.07. The van der Waals surface area contributed by atoms with Crippen molar-refractivity contribution in [2.24, 2.45) is 0 Å². The molecule has 142 valence electrons. The van der Waals surface area contributed by atoms with Gasteiger partial charge in [-0.3, -0.25) is 14.5 Å². The van der Waals surface area contributed by atoms with Gasteiger partial charge in [0.05, 0.1) is 25.3 Å². The van der Waals surface area contributed by atoms with Gasteiger partial charge in [0.25, 0.3) is 5.91 Å². The van der Waals surface area contributed by atoms with Crippen LogP contribution in [0, 0.1) is 11.6 Å². The highest BCUT2D eigenvalue weighted by atomic mass is 19.1. The van der Waals surface area contributed by atoms with E-state index >= 15 is 0 Å². The van der Waals surface area contributed by atoms with Gasteiger partial charge in [-0.05, 0) is 36.4 Å². The van der Waals surface area contributed by atoms with Crippen LogP contribution >= 0.6 is 0 Å². The largest absolute Gasteiger partial charge is 0.379 e. The van der Waals surface area contributed by atoms with Gasteiger partial charge in [-0.15, -0.1) is 0 Å². The second kappa shape index (κ2) is 8.70. The van der Waals surface area contributed by atoms with Crippen LogP contribution in [-0.4, -0.2) is 49.6 Å². The second-order valence-electron chi connectivity index (χ2n) is 6.09. The van der Waals surface area contributed by atoms with Gasteiger partial charge in [0, 0.05) is 30.5 Å². The molecule has 8 heteroatoms. The maximum absolute atomic E-state index is 13.6. The van der Waals surface area contributed by atoms with Gasteiger partial charge in [-0.25, -0.2) is 8.78 Å². The lowest BCUT2D eigenvalue weighted by Gasteiger charge is -2.25. The van der Waals surface area contributed by atoms with Crippen LogP contribution in [0.1, 0.15) is 10.4 Å². The molecule has 2 aromatic carbocycles. The van der Waals surface area contributed by atoms with Crippen LogP contribution in [0.25, 0.3) is 0 Å². The molecular formula is C19H19F2N3O3. The monoisotopic (exact) mass is 375 g/mol. The number of anilines is 2. The van der Waals surface area contributed by atoms with Crippen LogP contribution in [0.2, 0.25) is 0 Å². The molecule has 0 unspecified atom stereocenters. The van der Waals surface area contributed by atoms with Crippen LogP contribution < -0.4 is 10.6 Å². The number of nitrogens with one attached hydrogen (secondary N) is 2. The molecule has 0 spiro atoms. The number of ether oxygens (including phenoxy) is 1. The third-order valence-corrected chi connectivity index (χ3v) is 4.07. The molecule has 2 N–H and O–H groups in total. The van der Waals surface area contributed by atoms with Crippen LogP contribution in [0.4, 0.5) is 20.2 Å². The number of rotatable bonds is 5. The summed E-state index contributed by atoms with van der Waals surface area (Å²) in [7, 11) is 0. The fraction of sp³-hybridized carbons (Fsp3) is 0.263. The van der Waals surface area contributed by atoms with Crippen molar-refractivity contribution < 1.29 is 23.1 Å². The van der Waals surface area contributed by atoms with Gasteiger partial charge in [0.15, 0.2) is 0 Å². The molecule has 0 bridgehead atoms. The zero-order valence-corrected chi connectivity index (χ0v) is 14.5. The molecule has 1 fully saturated rings. The lowest BCUT2D eigenvalue weighted by molar-refractivity contribution is -0.118. The van der Waals surface area contributed by atoms with E-state index in [-0.39, 0.29) is 18.0 Å².